The third-order valence-corrected chi connectivity index (χ3v) is 3.91. The van der Waals surface area contributed by atoms with Crippen molar-refractivity contribution in [2.75, 3.05) is 0 Å². The molecule has 1 fully saturated rings. The monoisotopic (exact) mass is 275 g/mol. The Morgan fingerprint density at radius 3 is 2.55 bits per heavy atom. The minimum atomic E-state index is -0.793. The van der Waals surface area contributed by atoms with Crippen LogP contribution in [-0.4, -0.2) is 23.0 Å². The molecule has 0 aliphatic heterocycles. The zero-order chi connectivity index (χ0) is 14.4. The average molecular weight is 275 g/mol. The molecule has 0 radical (unpaired) electrons. The largest absolute Gasteiger partial charge is 0.481 e. The van der Waals surface area contributed by atoms with E-state index in [9.17, 15) is 14.7 Å². The van der Waals surface area contributed by atoms with Crippen LogP contribution in [0.1, 0.15) is 37.7 Å². The summed E-state index contributed by atoms with van der Waals surface area (Å²) in [5.41, 5.74) is 1.13. The summed E-state index contributed by atoms with van der Waals surface area (Å²) < 4.78 is 0. The average Bonchev–Trinajstić information content (AvgIpc) is 2.46. The van der Waals surface area contributed by atoms with Gasteiger partial charge in [0.2, 0.25) is 5.91 Å². The minimum Gasteiger partial charge on any atom is -0.481 e. The van der Waals surface area contributed by atoms with Crippen LogP contribution < -0.4 is 5.32 Å². The number of carbonyl (C=O) groups is 2. The van der Waals surface area contributed by atoms with Crippen molar-refractivity contribution >= 4 is 11.9 Å². The molecule has 4 heteroatoms. The van der Waals surface area contributed by atoms with Gasteiger partial charge < -0.3 is 10.4 Å². The number of aliphatic carboxylic acids is 1. The lowest BCUT2D eigenvalue weighted by Crippen LogP contribution is -2.45. The van der Waals surface area contributed by atoms with E-state index in [-0.39, 0.29) is 11.9 Å². The molecule has 1 aliphatic rings. The molecule has 2 N–H and O–H groups in total. The zero-order valence-corrected chi connectivity index (χ0v) is 11.5. The highest BCUT2D eigenvalue weighted by atomic mass is 16.4. The molecule has 2 rings (SSSR count). The van der Waals surface area contributed by atoms with E-state index in [2.05, 4.69) is 5.32 Å². The molecule has 2 unspecified atom stereocenters. The first kappa shape index (κ1) is 14.6. The van der Waals surface area contributed by atoms with E-state index < -0.39 is 11.9 Å². The summed E-state index contributed by atoms with van der Waals surface area (Å²) in [6.07, 6.45) is 4.47. The maximum atomic E-state index is 11.9. The molecule has 1 aromatic carbocycles. The van der Waals surface area contributed by atoms with Crippen molar-refractivity contribution in [2.45, 2.75) is 44.6 Å². The molecular formula is C16H21NO3. The van der Waals surface area contributed by atoms with Gasteiger partial charge in [0.05, 0.1) is 5.92 Å². The quantitative estimate of drug-likeness (QED) is 0.867. The van der Waals surface area contributed by atoms with Crippen molar-refractivity contribution in [3.05, 3.63) is 35.9 Å². The van der Waals surface area contributed by atoms with Crippen molar-refractivity contribution < 1.29 is 14.7 Å². The molecule has 4 nitrogen and oxygen atoms in total. The third kappa shape index (κ3) is 4.08. The molecule has 2 atom stereocenters. The maximum Gasteiger partial charge on any atom is 0.308 e. The standard InChI is InChI=1S/C16H21NO3/c18-15(11-10-12-6-2-1-3-7-12)17-14-9-5-4-8-13(14)16(19)20/h1-3,6-7,13-14H,4-5,8-11H2,(H,17,18)(H,19,20). The Morgan fingerprint density at radius 1 is 1.15 bits per heavy atom. The van der Waals surface area contributed by atoms with Gasteiger partial charge in [-0.15, -0.1) is 0 Å². The lowest BCUT2D eigenvalue weighted by atomic mass is 9.84. The van der Waals surface area contributed by atoms with Crippen molar-refractivity contribution in [2.24, 2.45) is 5.92 Å². The summed E-state index contributed by atoms with van der Waals surface area (Å²) in [6, 6.07) is 9.64. The van der Waals surface area contributed by atoms with Crippen LogP contribution in [0.15, 0.2) is 30.3 Å². The van der Waals surface area contributed by atoms with Crippen molar-refractivity contribution in [3.8, 4) is 0 Å². The molecule has 1 aromatic rings. The summed E-state index contributed by atoms with van der Waals surface area (Å²) >= 11 is 0. The van der Waals surface area contributed by atoms with Crippen LogP contribution in [0.2, 0.25) is 0 Å². The van der Waals surface area contributed by atoms with Gasteiger partial charge >= 0.3 is 5.97 Å². The molecule has 1 aliphatic carbocycles. The molecule has 1 saturated carbocycles. The predicted molar refractivity (Wildman–Crippen MR) is 76.3 cm³/mol. The summed E-state index contributed by atoms with van der Waals surface area (Å²) in [4.78, 5) is 23.1. The fourth-order valence-electron chi connectivity index (χ4n) is 2.78. The zero-order valence-electron chi connectivity index (χ0n) is 11.5. The van der Waals surface area contributed by atoms with Crippen molar-refractivity contribution in [1.82, 2.24) is 5.32 Å². The Morgan fingerprint density at radius 2 is 1.85 bits per heavy atom. The minimum absolute atomic E-state index is 0.0491. The van der Waals surface area contributed by atoms with Gasteiger partial charge in [0.1, 0.15) is 0 Å². The second-order valence-corrected chi connectivity index (χ2v) is 5.39. The molecule has 108 valence electrons. The lowest BCUT2D eigenvalue weighted by Gasteiger charge is -2.29. The highest BCUT2D eigenvalue weighted by Crippen LogP contribution is 2.24. The topological polar surface area (TPSA) is 66.4 Å². The molecule has 0 bridgehead atoms. The first-order chi connectivity index (χ1) is 9.66. The van der Waals surface area contributed by atoms with Crippen molar-refractivity contribution in [3.63, 3.8) is 0 Å². The molecule has 0 saturated heterocycles. The van der Waals surface area contributed by atoms with E-state index in [4.69, 9.17) is 0 Å². The summed E-state index contributed by atoms with van der Waals surface area (Å²) in [5, 5.41) is 12.1. The second kappa shape index (κ2) is 7.08. The van der Waals surface area contributed by atoms with Crippen LogP contribution in [0.4, 0.5) is 0 Å². The third-order valence-electron chi connectivity index (χ3n) is 3.91. The van der Waals surface area contributed by atoms with Crippen LogP contribution in [-0.2, 0) is 16.0 Å². The number of carbonyl (C=O) groups excluding carboxylic acids is 1. The highest BCUT2D eigenvalue weighted by molar-refractivity contribution is 5.78. The first-order valence-corrected chi connectivity index (χ1v) is 7.23. The number of rotatable bonds is 5. The molecule has 0 aromatic heterocycles. The van der Waals surface area contributed by atoms with Gasteiger partial charge in [-0.1, -0.05) is 43.2 Å². The van der Waals surface area contributed by atoms with E-state index in [0.29, 0.717) is 19.3 Å². The van der Waals surface area contributed by atoms with E-state index in [0.717, 1.165) is 24.8 Å². The maximum absolute atomic E-state index is 11.9. The van der Waals surface area contributed by atoms with Gasteiger partial charge in [-0.05, 0) is 24.8 Å². The second-order valence-electron chi connectivity index (χ2n) is 5.39. The fourth-order valence-corrected chi connectivity index (χ4v) is 2.78. The number of hydrogen-bond donors (Lipinski definition) is 2. The normalized spacial score (nSPS) is 22.2. The van der Waals surface area contributed by atoms with Crippen LogP contribution >= 0.6 is 0 Å². The van der Waals surface area contributed by atoms with Gasteiger partial charge in [0.25, 0.3) is 0 Å². The van der Waals surface area contributed by atoms with Gasteiger partial charge in [-0.3, -0.25) is 9.59 Å². The molecule has 0 spiro atoms. The summed E-state index contributed by atoms with van der Waals surface area (Å²) in [5.74, 6) is -1.27. The number of nitrogens with one attached hydrogen (secondary N) is 1. The summed E-state index contributed by atoms with van der Waals surface area (Å²) in [7, 11) is 0. The van der Waals surface area contributed by atoms with E-state index >= 15 is 0 Å². The van der Waals surface area contributed by atoms with Gasteiger partial charge in [-0.2, -0.15) is 0 Å². The predicted octanol–water partition coefficient (Wildman–Crippen LogP) is 2.38. The van der Waals surface area contributed by atoms with Crippen LogP contribution in [0, 0.1) is 5.92 Å². The number of carboxylic acid groups (broad SMARTS) is 1. The smallest absolute Gasteiger partial charge is 0.308 e. The van der Waals surface area contributed by atoms with Gasteiger partial charge in [-0.25, -0.2) is 0 Å². The Kier molecular flexibility index (Phi) is 5.16. The van der Waals surface area contributed by atoms with Crippen LogP contribution in [0.5, 0.6) is 0 Å². The molecule has 1 amide bonds. The summed E-state index contributed by atoms with van der Waals surface area (Å²) in [6.45, 7) is 0. The number of benzene rings is 1. The van der Waals surface area contributed by atoms with Gasteiger partial charge in [0, 0.05) is 12.5 Å². The first-order valence-electron chi connectivity index (χ1n) is 7.23. The SMILES string of the molecule is O=C(CCc1ccccc1)NC1CCCCC1C(=O)O. The number of aryl methyl sites for hydroxylation is 1. The number of carboxylic acids is 1. The Balaban J connectivity index is 1.82. The fraction of sp³-hybridized carbons (Fsp3) is 0.500. The molecule has 0 heterocycles. The van der Waals surface area contributed by atoms with Gasteiger partial charge in [0.15, 0.2) is 0 Å². The highest BCUT2D eigenvalue weighted by Gasteiger charge is 2.31. The van der Waals surface area contributed by atoms with Crippen LogP contribution in [0.25, 0.3) is 0 Å². The van der Waals surface area contributed by atoms with E-state index in [1.54, 1.807) is 0 Å². The molecule has 20 heavy (non-hydrogen) atoms. The van der Waals surface area contributed by atoms with E-state index in [1.807, 2.05) is 30.3 Å². The lowest BCUT2D eigenvalue weighted by molar-refractivity contribution is -0.144. The van der Waals surface area contributed by atoms with Crippen LogP contribution in [0.3, 0.4) is 0 Å². The van der Waals surface area contributed by atoms with Crippen molar-refractivity contribution in [1.29, 1.82) is 0 Å². The Bertz CT molecular complexity index is 458. The Hall–Kier alpha value is -1.84. The number of amides is 1. The molecular weight excluding hydrogens is 254 g/mol. The number of hydrogen-bond acceptors (Lipinski definition) is 2. The Labute approximate surface area is 119 Å². The van der Waals surface area contributed by atoms with E-state index in [1.165, 1.54) is 0 Å².